The minimum atomic E-state index is -0.245. The van der Waals surface area contributed by atoms with Crippen molar-refractivity contribution in [1.82, 2.24) is 4.90 Å². The molecule has 1 aliphatic carbocycles. The molecule has 2 rings (SSSR count). The molecule has 0 saturated heterocycles. The molecule has 1 aromatic carbocycles. The predicted molar refractivity (Wildman–Crippen MR) is 77.4 cm³/mol. The normalized spacial score (nSPS) is 15.7. The number of carbonyl (C=O) groups excluding carboxylic acids is 1. The number of hydrogen-bond acceptors (Lipinski definition) is 3. The molecule has 1 atom stereocenters. The van der Waals surface area contributed by atoms with Gasteiger partial charge in [-0.2, -0.15) is 0 Å². The minimum absolute atomic E-state index is 0.230. The van der Waals surface area contributed by atoms with Crippen LogP contribution in [0.25, 0.3) is 0 Å². The maximum absolute atomic E-state index is 12.2. The van der Waals surface area contributed by atoms with Crippen LogP contribution in [-0.4, -0.2) is 37.3 Å². The van der Waals surface area contributed by atoms with E-state index in [1.54, 1.807) is 12.0 Å². The fourth-order valence-electron chi connectivity index (χ4n) is 2.29. The van der Waals surface area contributed by atoms with Crippen molar-refractivity contribution in [2.75, 3.05) is 20.3 Å². The zero-order valence-corrected chi connectivity index (χ0v) is 12.2. The van der Waals surface area contributed by atoms with Gasteiger partial charge in [-0.25, -0.2) is 4.79 Å². The fourth-order valence-corrected chi connectivity index (χ4v) is 2.29. The van der Waals surface area contributed by atoms with Crippen molar-refractivity contribution in [1.29, 1.82) is 0 Å². The number of nitrogens with zero attached hydrogens (tertiary/aromatic N) is 1. The van der Waals surface area contributed by atoms with Gasteiger partial charge in [0.1, 0.15) is 6.61 Å². The van der Waals surface area contributed by atoms with Crippen LogP contribution in [-0.2, 0) is 16.1 Å². The average molecular weight is 277 g/mol. The largest absolute Gasteiger partial charge is 0.445 e. The lowest BCUT2D eigenvalue weighted by Gasteiger charge is -2.28. The van der Waals surface area contributed by atoms with E-state index in [1.165, 1.54) is 12.8 Å². The van der Waals surface area contributed by atoms with Crippen molar-refractivity contribution < 1.29 is 14.3 Å². The summed E-state index contributed by atoms with van der Waals surface area (Å²) in [5, 5.41) is 0. The highest BCUT2D eigenvalue weighted by Crippen LogP contribution is 2.35. The topological polar surface area (TPSA) is 38.8 Å². The third kappa shape index (κ3) is 4.23. The lowest BCUT2D eigenvalue weighted by Crippen LogP contribution is -2.42. The van der Waals surface area contributed by atoms with E-state index in [2.05, 4.69) is 6.92 Å². The van der Waals surface area contributed by atoms with Crippen LogP contribution in [0.2, 0.25) is 0 Å². The molecule has 1 unspecified atom stereocenters. The molecule has 0 aliphatic heterocycles. The Morgan fingerprint density at radius 1 is 1.35 bits per heavy atom. The number of hydrogen-bond donors (Lipinski definition) is 0. The van der Waals surface area contributed by atoms with Gasteiger partial charge in [0.15, 0.2) is 0 Å². The standard InChI is InChI=1S/C16H23NO3/c1-13(15-8-9-15)17(10-11-19-2)16(18)20-12-14-6-4-3-5-7-14/h3-7,13,15H,8-12H2,1-2H3. The molecule has 1 aliphatic rings. The first-order valence-corrected chi connectivity index (χ1v) is 7.18. The van der Waals surface area contributed by atoms with E-state index in [-0.39, 0.29) is 12.1 Å². The van der Waals surface area contributed by atoms with Gasteiger partial charge in [0, 0.05) is 19.7 Å². The summed E-state index contributed by atoms with van der Waals surface area (Å²) in [5.41, 5.74) is 1.01. The minimum Gasteiger partial charge on any atom is -0.445 e. The number of methoxy groups -OCH3 is 1. The maximum atomic E-state index is 12.2. The molecule has 0 bridgehead atoms. The van der Waals surface area contributed by atoms with Crippen LogP contribution in [0.3, 0.4) is 0 Å². The summed E-state index contributed by atoms with van der Waals surface area (Å²) in [7, 11) is 1.65. The molecule has 0 radical (unpaired) electrons. The molecule has 1 saturated carbocycles. The number of carbonyl (C=O) groups is 1. The van der Waals surface area contributed by atoms with E-state index in [9.17, 15) is 4.79 Å². The first kappa shape index (κ1) is 14.9. The van der Waals surface area contributed by atoms with Crippen LogP contribution in [0.15, 0.2) is 30.3 Å². The molecular formula is C16H23NO3. The van der Waals surface area contributed by atoms with Gasteiger partial charge < -0.3 is 14.4 Å². The van der Waals surface area contributed by atoms with E-state index < -0.39 is 0 Å². The van der Waals surface area contributed by atoms with Crippen LogP contribution in [0, 0.1) is 5.92 Å². The Morgan fingerprint density at radius 2 is 2.05 bits per heavy atom. The first-order valence-electron chi connectivity index (χ1n) is 7.18. The van der Waals surface area contributed by atoms with Gasteiger partial charge in [-0.1, -0.05) is 30.3 Å². The molecule has 1 amide bonds. The molecule has 0 heterocycles. The Kier molecular flexibility index (Phi) is 5.41. The van der Waals surface area contributed by atoms with Gasteiger partial charge in [0.05, 0.1) is 6.61 Å². The zero-order chi connectivity index (χ0) is 14.4. The van der Waals surface area contributed by atoms with Gasteiger partial charge in [-0.15, -0.1) is 0 Å². The predicted octanol–water partition coefficient (Wildman–Crippen LogP) is 3.07. The van der Waals surface area contributed by atoms with E-state index in [1.807, 2.05) is 30.3 Å². The summed E-state index contributed by atoms with van der Waals surface area (Å²) in [6.07, 6.45) is 2.16. The molecule has 110 valence electrons. The zero-order valence-electron chi connectivity index (χ0n) is 12.2. The van der Waals surface area contributed by atoms with Crippen molar-refractivity contribution in [2.45, 2.75) is 32.4 Å². The second-order valence-corrected chi connectivity index (χ2v) is 5.30. The van der Waals surface area contributed by atoms with E-state index in [4.69, 9.17) is 9.47 Å². The highest BCUT2D eigenvalue weighted by atomic mass is 16.6. The Bertz CT molecular complexity index is 417. The quantitative estimate of drug-likeness (QED) is 0.769. The molecule has 0 spiro atoms. The van der Waals surface area contributed by atoms with Crippen LogP contribution in [0.4, 0.5) is 4.79 Å². The van der Waals surface area contributed by atoms with Crippen LogP contribution < -0.4 is 0 Å². The fraction of sp³-hybridized carbons (Fsp3) is 0.562. The highest BCUT2D eigenvalue weighted by molar-refractivity contribution is 5.68. The van der Waals surface area contributed by atoms with Gasteiger partial charge >= 0.3 is 6.09 Å². The van der Waals surface area contributed by atoms with E-state index in [0.29, 0.717) is 25.7 Å². The van der Waals surface area contributed by atoms with E-state index in [0.717, 1.165) is 5.56 Å². The van der Waals surface area contributed by atoms with Crippen molar-refractivity contribution in [2.24, 2.45) is 5.92 Å². The molecule has 20 heavy (non-hydrogen) atoms. The van der Waals surface area contributed by atoms with Crippen molar-refractivity contribution in [3.63, 3.8) is 0 Å². The lowest BCUT2D eigenvalue weighted by atomic mass is 10.2. The third-order valence-corrected chi connectivity index (χ3v) is 3.77. The Hall–Kier alpha value is -1.55. The summed E-state index contributed by atoms with van der Waals surface area (Å²) in [6.45, 7) is 3.54. The number of benzene rings is 1. The number of rotatable bonds is 7. The van der Waals surface area contributed by atoms with Crippen molar-refractivity contribution >= 4 is 6.09 Å². The maximum Gasteiger partial charge on any atom is 0.410 e. The smallest absolute Gasteiger partial charge is 0.410 e. The summed E-state index contributed by atoms with van der Waals surface area (Å²) < 4.78 is 10.5. The summed E-state index contributed by atoms with van der Waals surface area (Å²) in [4.78, 5) is 14.0. The second kappa shape index (κ2) is 7.29. The van der Waals surface area contributed by atoms with Crippen LogP contribution in [0.5, 0.6) is 0 Å². The third-order valence-electron chi connectivity index (χ3n) is 3.77. The average Bonchev–Trinajstić information content (AvgIpc) is 3.31. The van der Waals surface area contributed by atoms with Crippen LogP contribution in [0.1, 0.15) is 25.3 Å². The van der Waals surface area contributed by atoms with Crippen molar-refractivity contribution in [3.8, 4) is 0 Å². The molecule has 1 fully saturated rings. The SMILES string of the molecule is COCCN(C(=O)OCc1ccccc1)C(C)C1CC1. The number of ether oxygens (including phenoxy) is 2. The highest BCUT2D eigenvalue weighted by Gasteiger charge is 2.34. The first-order chi connectivity index (χ1) is 9.72. The molecule has 0 aromatic heterocycles. The molecule has 4 nitrogen and oxygen atoms in total. The van der Waals surface area contributed by atoms with Gasteiger partial charge in [-0.3, -0.25) is 0 Å². The summed E-state index contributed by atoms with van der Waals surface area (Å²) in [5.74, 6) is 0.621. The summed E-state index contributed by atoms with van der Waals surface area (Å²) in [6, 6.07) is 9.98. The molecule has 0 N–H and O–H groups in total. The van der Waals surface area contributed by atoms with Crippen LogP contribution >= 0.6 is 0 Å². The Labute approximate surface area is 120 Å². The molecule has 1 aromatic rings. The van der Waals surface area contributed by atoms with Crippen molar-refractivity contribution in [3.05, 3.63) is 35.9 Å². The second-order valence-electron chi connectivity index (χ2n) is 5.30. The number of amides is 1. The van der Waals surface area contributed by atoms with E-state index >= 15 is 0 Å². The Balaban J connectivity index is 1.88. The molecule has 4 heteroatoms. The summed E-state index contributed by atoms with van der Waals surface area (Å²) >= 11 is 0. The monoisotopic (exact) mass is 277 g/mol. The van der Waals surface area contributed by atoms with Gasteiger partial charge in [-0.05, 0) is 31.2 Å². The lowest BCUT2D eigenvalue weighted by molar-refractivity contribution is 0.0644. The Morgan fingerprint density at radius 3 is 2.65 bits per heavy atom. The molecular weight excluding hydrogens is 254 g/mol. The van der Waals surface area contributed by atoms with Gasteiger partial charge in [0.2, 0.25) is 0 Å². The van der Waals surface area contributed by atoms with Gasteiger partial charge in [0.25, 0.3) is 0 Å².